The lowest BCUT2D eigenvalue weighted by molar-refractivity contribution is 0.422. The van der Waals surface area contributed by atoms with Gasteiger partial charge in [-0.1, -0.05) is 57.0 Å². The van der Waals surface area contributed by atoms with Gasteiger partial charge in [0, 0.05) is 16.9 Å². The first-order valence-electron chi connectivity index (χ1n) is 9.10. The third-order valence-corrected chi connectivity index (χ3v) is 6.59. The molecule has 134 valence electrons. The molecule has 0 radical (unpaired) electrons. The van der Waals surface area contributed by atoms with Gasteiger partial charge in [-0.15, -0.1) is 0 Å². The summed E-state index contributed by atoms with van der Waals surface area (Å²) in [4.78, 5) is 12.7. The van der Waals surface area contributed by atoms with Crippen LogP contribution in [0.2, 0.25) is 0 Å². The summed E-state index contributed by atoms with van der Waals surface area (Å²) in [6.45, 7) is 4.36. The molecule has 1 atom stereocenters. The number of benzene rings is 1. The van der Waals surface area contributed by atoms with E-state index in [9.17, 15) is 9.90 Å². The zero-order valence-corrected chi connectivity index (χ0v) is 15.7. The van der Waals surface area contributed by atoms with Crippen LogP contribution in [0.5, 0.6) is 5.75 Å². The Hall–Kier alpha value is -1.68. The lowest BCUT2D eigenvalue weighted by Crippen LogP contribution is -2.17. The fraction of sp³-hybridized carbons (Fsp3) is 0.476. The number of rotatable bonds is 6. The highest BCUT2D eigenvalue weighted by Gasteiger charge is 2.32. The maximum absolute atomic E-state index is 12.7. The average molecular weight is 359 g/mol. The van der Waals surface area contributed by atoms with Crippen LogP contribution >= 0.6 is 11.8 Å². The van der Waals surface area contributed by atoms with Gasteiger partial charge in [-0.05, 0) is 30.4 Å². The maximum atomic E-state index is 12.7. The first-order chi connectivity index (χ1) is 12.1. The van der Waals surface area contributed by atoms with E-state index in [-0.39, 0.29) is 11.0 Å². The number of thioether (sulfide) groups is 1. The lowest BCUT2D eigenvalue weighted by atomic mass is 9.97. The Morgan fingerprint density at radius 1 is 1.20 bits per heavy atom. The van der Waals surface area contributed by atoms with Gasteiger partial charge in [0.25, 0.3) is 0 Å². The van der Waals surface area contributed by atoms with Crippen molar-refractivity contribution >= 4 is 11.8 Å². The molecule has 2 aromatic rings. The Morgan fingerprint density at radius 2 is 1.88 bits per heavy atom. The predicted octanol–water partition coefficient (Wildman–Crippen LogP) is 5.63. The van der Waals surface area contributed by atoms with E-state index in [0.717, 1.165) is 24.2 Å². The molecule has 1 heterocycles. The maximum Gasteiger partial charge on any atom is 0.344 e. The molecule has 3 nitrogen and oxygen atoms in total. The van der Waals surface area contributed by atoms with Crippen molar-refractivity contribution in [3.63, 3.8) is 0 Å². The quantitative estimate of drug-likeness (QED) is 0.727. The Balaban J connectivity index is 1.96. The van der Waals surface area contributed by atoms with Gasteiger partial charge in [0.05, 0.1) is 5.56 Å². The first kappa shape index (κ1) is 18.1. The molecule has 0 spiro atoms. The number of hydrogen-bond donors (Lipinski definition) is 1. The Labute approximate surface area is 153 Å². The molecular weight excluding hydrogens is 332 g/mol. The minimum atomic E-state index is -0.396. The Bertz CT molecular complexity index is 745. The van der Waals surface area contributed by atoms with E-state index in [0.29, 0.717) is 23.2 Å². The van der Waals surface area contributed by atoms with Crippen LogP contribution in [0.25, 0.3) is 11.3 Å². The molecule has 1 aromatic carbocycles. The van der Waals surface area contributed by atoms with Crippen LogP contribution in [-0.2, 0) is 0 Å². The van der Waals surface area contributed by atoms with Crippen molar-refractivity contribution in [1.82, 2.24) is 0 Å². The third-order valence-electron chi connectivity index (χ3n) is 4.75. The highest BCUT2D eigenvalue weighted by molar-refractivity contribution is 7.99. The monoisotopic (exact) mass is 358 g/mol. The van der Waals surface area contributed by atoms with Crippen LogP contribution < -0.4 is 5.63 Å². The third kappa shape index (κ3) is 4.30. The standard InChI is InChI=1S/C21H26O3S/c1-14(2)13-25-20(16-10-6-7-11-16)19-17(22)12-18(24-21(19)23)15-8-4-3-5-9-15/h3-5,8-9,12,14,16,20,22H,6-7,10-11,13H2,1-2H3. The first-order valence-corrected chi connectivity index (χ1v) is 10.1. The minimum absolute atomic E-state index is 0.0194. The zero-order valence-electron chi connectivity index (χ0n) is 14.9. The fourth-order valence-electron chi connectivity index (χ4n) is 3.51. The molecule has 1 aliphatic rings. The highest BCUT2D eigenvalue weighted by Crippen LogP contribution is 2.46. The summed E-state index contributed by atoms with van der Waals surface area (Å²) in [7, 11) is 0. The molecule has 1 aliphatic carbocycles. The van der Waals surface area contributed by atoms with Crippen molar-refractivity contribution in [3.05, 3.63) is 52.4 Å². The van der Waals surface area contributed by atoms with E-state index in [1.165, 1.54) is 12.8 Å². The number of hydrogen-bond acceptors (Lipinski definition) is 4. The lowest BCUT2D eigenvalue weighted by Gasteiger charge is -2.24. The van der Waals surface area contributed by atoms with Crippen LogP contribution in [0.3, 0.4) is 0 Å². The summed E-state index contributed by atoms with van der Waals surface area (Å²) in [5.74, 6) is 2.46. The number of aromatic hydroxyl groups is 1. The topological polar surface area (TPSA) is 50.4 Å². The smallest absolute Gasteiger partial charge is 0.344 e. The molecule has 25 heavy (non-hydrogen) atoms. The van der Waals surface area contributed by atoms with Gasteiger partial charge in [0.2, 0.25) is 0 Å². The Kier molecular flexibility index (Phi) is 5.89. The van der Waals surface area contributed by atoms with E-state index in [2.05, 4.69) is 13.8 Å². The average Bonchev–Trinajstić information content (AvgIpc) is 3.12. The summed E-state index contributed by atoms with van der Waals surface area (Å²) in [5.41, 5.74) is 0.859. The van der Waals surface area contributed by atoms with Crippen molar-refractivity contribution < 1.29 is 9.52 Å². The van der Waals surface area contributed by atoms with Crippen molar-refractivity contribution in [2.45, 2.75) is 44.8 Å². The summed E-state index contributed by atoms with van der Waals surface area (Å²) >= 11 is 1.79. The molecule has 3 rings (SSSR count). The zero-order chi connectivity index (χ0) is 17.8. The van der Waals surface area contributed by atoms with Gasteiger partial charge >= 0.3 is 5.63 Å². The molecule has 1 fully saturated rings. The molecule has 0 saturated heterocycles. The second-order valence-electron chi connectivity index (χ2n) is 7.26. The summed E-state index contributed by atoms with van der Waals surface area (Å²) < 4.78 is 5.59. The molecular formula is C21H26O3S. The fourth-order valence-corrected chi connectivity index (χ4v) is 5.03. The molecule has 1 unspecified atom stereocenters. The van der Waals surface area contributed by atoms with Crippen molar-refractivity contribution in [3.8, 4) is 17.1 Å². The second kappa shape index (κ2) is 8.13. The van der Waals surface area contributed by atoms with Gasteiger partial charge in [0.15, 0.2) is 0 Å². The van der Waals surface area contributed by atoms with E-state index < -0.39 is 5.63 Å². The van der Waals surface area contributed by atoms with Crippen LogP contribution in [0.15, 0.2) is 45.6 Å². The van der Waals surface area contributed by atoms with Gasteiger partial charge in [-0.3, -0.25) is 0 Å². The van der Waals surface area contributed by atoms with Crippen LogP contribution in [0.4, 0.5) is 0 Å². The molecule has 1 saturated carbocycles. The van der Waals surface area contributed by atoms with Crippen LogP contribution in [0.1, 0.15) is 50.3 Å². The van der Waals surface area contributed by atoms with Gasteiger partial charge in [-0.2, -0.15) is 11.8 Å². The summed E-state index contributed by atoms with van der Waals surface area (Å²) in [6, 6.07) is 11.0. The summed E-state index contributed by atoms with van der Waals surface area (Å²) in [5, 5.41) is 10.7. The van der Waals surface area contributed by atoms with Crippen molar-refractivity contribution in [1.29, 1.82) is 0 Å². The van der Waals surface area contributed by atoms with Crippen LogP contribution in [0, 0.1) is 11.8 Å². The largest absolute Gasteiger partial charge is 0.507 e. The van der Waals surface area contributed by atoms with E-state index >= 15 is 0 Å². The van der Waals surface area contributed by atoms with E-state index in [1.807, 2.05) is 30.3 Å². The molecule has 0 aliphatic heterocycles. The molecule has 1 aromatic heterocycles. The Morgan fingerprint density at radius 3 is 2.48 bits per heavy atom. The van der Waals surface area contributed by atoms with Crippen LogP contribution in [-0.4, -0.2) is 10.9 Å². The van der Waals surface area contributed by atoms with E-state index in [4.69, 9.17) is 4.42 Å². The minimum Gasteiger partial charge on any atom is -0.507 e. The molecule has 1 N–H and O–H groups in total. The molecule has 0 amide bonds. The normalized spacial score (nSPS) is 16.4. The van der Waals surface area contributed by atoms with Gasteiger partial charge < -0.3 is 9.52 Å². The molecule has 4 heteroatoms. The molecule has 0 bridgehead atoms. The van der Waals surface area contributed by atoms with E-state index in [1.54, 1.807) is 17.8 Å². The van der Waals surface area contributed by atoms with Crippen molar-refractivity contribution in [2.24, 2.45) is 11.8 Å². The van der Waals surface area contributed by atoms with Gasteiger partial charge in [-0.25, -0.2) is 4.79 Å². The second-order valence-corrected chi connectivity index (χ2v) is 8.43. The SMILES string of the molecule is CC(C)CSC(c1c(O)cc(-c2ccccc2)oc1=O)C1CCCC1. The van der Waals surface area contributed by atoms with Crippen molar-refractivity contribution in [2.75, 3.05) is 5.75 Å². The predicted molar refractivity (Wildman–Crippen MR) is 104 cm³/mol. The highest BCUT2D eigenvalue weighted by atomic mass is 32.2. The van der Waals surface area contributed by atoms with Gasteiger partial charge in [0.1, 0.15) is 11.5 Å². The summed E-state index contributed by atoms with van der Waals surface area (Å²) in [6.07, 6.45) is 4.65.